The van der Waals surface area contributed by atoms with Crippen LogP contribution in [-0.2, 0) is 0 Å². The molecule has 1 aliphatic heterocycles. The van der Waals surface area contributed by atoms with E-state index in [-0.39, 0.29) is 18.0 Å². The molecule has 4 saturated carbocycles. The second kappa shape index (κ2) is 6.50. The van der Waals surface area contributed by atoms with Crippen LogP contribution >= 0.6 is 12.4 Å². The van der Waals surface area contributed by atoms with Gasteiger partial charge in [0.25, 0.3) is 5.56 Å². The number of aryl methyl sites for hydroxylation is 1. The molecular weight excluding hydrogens is 370 g/mol. The van der Waals surface area contributed by atoms with Crippen LogP contribution in [0, 0.1) is 24.7 Å². The average molecular weight is 400 g/mol. The quantitative estimate of drug-likeness (QED) is 0.774. The van der Waals surface area contributed by atoms with Crippen molar-refractivity contribution in [1.82, 2.24) is 14.3 Å². The highest BCUT2D eigenvalue weighted by molar-refractivity contribution is 5.85. The van der Waals surface area contributed by atoms with Crippen molar-refractivity contribution in [3.8, 4) is 5.69 Å². The Kier molecular flexibility index (Phi) is 4.29. The third kappa shape index (κ3) is 2.64. The Balaban J connectivity index is 0.00000171. The highest BCUT2D eigenvalue weighted by Gasteiger charge is 2.56. The first-order valence-electron chi connectivity index (χ1n) is 10.7. The van der Waals surface area contributed by atoms with Gasteiger partial charge in [-0.05, 0) is 75.3 Å². The molecule has 4 aliphatic carbocycles. The molecule has 5 heteroatoms. The number of likely N-dealkylation sites (tertiary alicyclic amines) is 1. The summed E-state index contributed by atoms with van der Waals surface area (Å²) in [4.78, 5) is 15.4. The van der Waals surface area contributed by atoms with Crippen LogP contribution in [0.2, 0.25) is 0 Å². The Bertz CT molecular complexity index is 890. The van der Waals surface area contributed by atoms with E-state index < -0.39 is 0 Å². The topological polar surface area (TPSA) is 30.2 Å². The number of aromatic nitrogens is 2. The number of hydrogen-bond donors (Lipinski definition) is 0. The molecule has 5 fully saturated rings. The first-order chi connectivity index (χ1) is 13.1. The number of benzene rings is 1. The highest BCUT2D eigenvalue weighted by Crippen LogP contribution is 2.59. The van der Waals surface area contributed by atoms with Crippen molar-refractivity contribution >= 4 is 12.4 Å². The van der Waals surface area contributed by atoms with Crippen LogP contribution in [0.25, 0.3) is 5.69 Å². The summed E-state index contributed by atoms with van der Waals surface area (Å²) in [5.74, 6) is 2.98. The van der Waals surface area contributed by atoms with Crippen LogP contribution in [0.15, 0.2) is 41.2 Å². The maximum absolute atomic E-state index is 12.6. The molecule has 0 spiro atoms. The van der Waals surface area contributed by atoms with Gasteiger partial charge in [-0.1, -0.05) is 18.2 Å². The van der Waals surface area contributed by atoms with Crippen LogP contribution in [0.5, 0.6) is 0 Å². The SMILES string of the molecule is Cc1cc(=O)n(-c2ccccc2)n1C1CN(C23CC4CC(CC(C4)C2)C3)C1.Cl. The van der Waals surface area contributed by atoms with Gasteiger partial charge < -0.3 is 0 Å². The Morgan fingerprint density at radius 3 is 2.07 bits per heavy atom. The second-order valence-corrected chi connectivity index (χ2v) is 9.82. The van der Waals surface area contributed by atoms with Gasteiger partial charge in [-0.3, -0.25) is 14.4 Å². The van der Waals surface area contributed by atoms with Crippen LogP contribution in [0.3, 0.4) is 0 Å². The normalized spacial score (nSPS) is 34.2. The molecule has 1 aromatic carbocycles. The Morgan fingerprint density at radius 2 is 1.50 bits per heavy atom. The molecule has 0 radical (unpaired) electrons. The van der Waals surface area contributed by atoms with Crippen molar-refractivity contribution in [1.29, 1.82) is 0 Å². The van der Waals surface area contributed by atoms with Gasteiger partial charge in [0.05, 0.1) is 11.7 Å². The maximum atomic E-state index is 12.6. The first kappa shape index (κ1) is 18.5. The largest absolute Gasteiger partial charge is 0.293 e. The zero-order valence-corrected chi connectivity index (χ0v) is 17.4. The summed E-state index contributed by atoms with van der Waals surface area (Å²) in [7, 11) is 0. The van der Waals surface area contributed by atoms with Crippen molar-refractivity contribution in [2.75, 3.05) is 13.1 Å². The van der Waals surface area contributed by atoms with E-state index in [1.165, 1.54) is 38.5 Å². The number of rotatable bonds is 3. The van der Waals surface area contributed by atoms with E-state index in [9.17, 15) is 4.79 Å². The monoisotopic (exact) mass is 399 g/mol. The zero-order chi connectivity index (χ0) is 18.2. The van der Waals surface area contributed by atoms with Crippen molar-refractivity contribution in [3.63, 3.8) is 0 Å². The fourth-order valence-corrected chi connectivity index (χ4v) is 7.29. The summed E-state index contributed by atoms with van der Waals surface area (Å²) in [5, 5.41) is 0. The zero-order valence-electron chi connectivity index (χ0n) is 16.6. The molecule has 7 rings (SSSR count). The summed E-state index contributed by atoms with van der Waals surface area (Å²) in [6.45, 7) is 4.29. The fraction of sp³-hybridized carbons (Fsp3) is 0.609. The summed E-state index contributed by atoms with van der Waals surface area (Å²) in [5.41, 5.74) is 2.64. The van der Waals surface area contributed by atoms with E-state index in [4.69, 9.17) is 0 Å². The fourth-order valence-electron chi connectivity index (χ4n) is 7.29. The molecule has 4 bridgehead atoms. The molecule has 2 heterocycles. The van der Waals surface area contributed by atoms with Gasteiger partial charge in [0, 0.05) is 30.4 Å². The lowest BCUT2D eigenvalue weighted by molar-refractivity contribution is -0.127. The average Bonchev–Trinajstić information content (AvgIpc) is 2.87. The molecule has 0 amide bonds. The van der Waals surface area contributed by atoms with Gasteiger partial charge >= 0.3 is 0 Å². The molecule has 4 nitrogen and oxygen atoms in total. The number of nitrogens with zero attached hydrogens (tertiary/aromatic N) is 3. The highest BCUT2D eigenvalue weighted by atomic mass is 35.5. The lowest BCUT2D eigenvalue weighted by Crippen LogP contribution is -2.66. The minimum absolute atomic E-state index is 0. The third-order valence-electron chi connectivity index (χ3n) is 8.00. The molecule has 1 saturated heterocycles. The van der Waals surface area contributed by atoms with Gasteiger partial charge in [-0.2, -0.15) is 0 Å². The van der Waals surface area contributed by atoms with Crippen molar-refractivity contribution in [2.24, 2.45) is 17.8 Å². The minimum atomic E-state index is 0. The lowest BCUT2D eigenvalue weighted by Gasteiger charge is -2.64. The molecule has 150 valence electrons. The Labute approximate surface area is 172 Å². The first-order valence-corrected chi connectivity index (χ1v) is 10.7. The van der Waals surface area contributed by atoms with Crippen molar-refractivity contribution < 1.29 is 0 Å². The molecule has 0 unspecified atom stereocenters. The van der Waals surface area contributed by atoms with E-state index in [1.807, 2.05) is 35.0 Å². The van der Waals surface area contributed by atoms with Crippen LogP contribution in [0.4, 0.5) is 0 Å². The van der Waals surface area contributed by atoms with Crippen molar-refractivity contribution in [3.05, 3.63) is 52.4 Å². The number of halogens is 1. The summed E-state index contributed by atoms with van der Waals surface area (Å²) in [6, 6.07) is 12.3. The second-order valence-electron chi connectivity index (χ2n) is 9.82. The van der Waals surface area contributed by atoms with Crippen LogP contribution in [-0.4, -0.2) is 32.9 Å². The van der Waals surface area contributed by atoms with E-state index in [1.54, 1.807) is 6.07 Å². The number of hydrogen-bond acceptors (Lipinski definition) is 2. The summed E-state index contributed by atoms with van der Waals surface area (Å²) >= 11 is 0. The van der Waals surface area contributed by atoms with Gasteiger partial charge in [-0.25, -0.2) is 4.68 Å². The molecule has 5 aliphatic rings. The van der Waals surface area contributed by atoms with E-state index in [0.717, 1.165) is 42.2 Å². The van der Waals surface area contributed by atoms with Gasteiger partial charge in [0.1, 0.15) is 0 Å². The maximum Gasteiger partial charge on any atom is 0.271 e. The smallest absolute Gasteiger partial charge is 0.271 e. The van der Waals surface area contributed by atoms with Crippen LogP contribution < -0.4 is 5.56 Å². The van der Waals surface area contributed by atoms with Gasteiger partial charge in [-0.15, -0.1) is 12.4 Å². The van der Waals surface area contributed by atoms with E-state index >= 15 is 0 Å². The van der Waals surface area contributed by atoms with Crippen molar-refractivity contribution in [2.45, 2.75) is 57.0 Å². The molecule has 28 heavy (non-hydrogen) atoms. The molecule has 1 aromatic heterocycles. The minimum Gasteiger partial charge on any atom is -0.293 e. The van der Waals surface area contributed by atoms with E-state index in [2.05, 4.69) is 16.5 Å². The predicted octanol–water partition coefficient (Wildman–Crippen LogP) is 4.19. The lowest BCUT2D eigenvalue weighted by atomic mass is 9.52. The summed E-state index contributed by atoms with van der Waals surface area (Å²) in [6.07, 6.45) is 8.80. The molecule has 0 N–H and O–H groups in total. The number of para-hydroxylation sites is 1. The Morgan fingerprint density at radius 1 is 0.929 bits per heavy atom. The predicted molar refractivity (Wildman–Crippen MR) is 114 cm³/mol. The Hall–Kier alpha value is -1.52. The van der Waals surface area contributed by atoms with Gasteiger partial charge in [0.15, 0.2) is 0 Å². The molecular formula is C23H30ClN3O. The van der Waals surface area contributed by atoms with Crippen LogP contribution in [0.1, 0.15) is 50.3 Å². The molecule has 2 aromatic rings. The standard InChI is InChI=1S/C23H29N3O.ClH/c1-16-7-22(27)26(20-5-3-2-4-6-20)25(16)21-14-24(15-21)23-11-17-8-18(12-23)10-19(9-17)13-23;/h2-7,17-19,21H,8-15H2,1H3;1H. The van der Waals surface area contributed by atoms with E-state index in [0.29, 0.717) is 11.6 Å². The molecule has 0 atom stereocenters. The third-order valence-corrected chi connectivity index (χ3v) is 8.00. The summed E-state index contributed by atoms with van der Waals surface area (Å²) < 4.78 is 4.14. The van der Waals surface area contributed by atoms with Gasteiger partial charge in [0.2, 0.25) is 0 Å².